The molecule has 0 radical (unpaired) electrons. The summed E-state index contributed by atoms with van der Waals surface area (Å²) in [6, 6.07) is 14.3. The van der Waals surface area contributed by atoms with Gasteiger partial charge in [0, 0.05) is 21.5 Å². The van der Waals surface area contributed by atoms with Crippen LogP contribution in [0.1, 0.15) is 11.1 Å². The van der Waals surface area contributed by atoms with Gasteiger partial charge in [-0.25, -0.2) is 17.6 Å². The zero-order valence-electron chi connectivity index (χ0n) is 24.5. The van der Waals surface area contributed by atoms with Crippen LogP contribution in [0.3, 0.4) is 0 Å². The minimum Gasteiger partial charge on any atom is -0.206 e. The van der Waals surface area contributed by atoms with E-state index in [0.29, 0.717) is 67.4 Å². The lowest BCUT2D eigenvalue weighted by molar-refractivity contribution is -0.143. The van der Waals surface area contributed by atoms with Gasteiger partial charge in [0.25, 0.3) is 0 Å². The van der Waals surface area contributed by atoms with Crippen molar-refractivity contribution in [2.45, 2.75) is 12.4 Å². The number of hydrogen-bond acceptors (Lipinski definition) is 4. The van der Waals surface area contributed by atoms with Crippen LogP contribution in [0.2, 0.25) is 0 Å². The van der Waals surface area contributed by atoms with E-state index in [9.17, 15) is 54.4 Å². The van der Waals surface area contributed by atoms with Crippen LogP contribution in [0.4, 0.5) is 43.9 Å². The Balaban J connectivity index is 1.46. The lowest BCUT2D eigenvalue weighted by atomic mass is 9.99. The molecule has 0 saturated heterocycles. The lowest BCUT2D eigenvalue weighted by Gasteiger charge is -2.11. The molecule has 0 aliphatic carbocycles. The zero-order valence-corrected chi connectivity index (χ0v) is 24.5. The van der Waals surface area contributed by atoms with Gasteiger partial charge in [0.15, 0.2) is 0 Å². The Morgan fingerprint density at radius 2 is 0.720 bits per heavy atom. The number of rotatable bonds is 2. The van der Waals surface area contributed by atoms with Crippen LogP contribution in [0, 0.1) is 46.2 Å². The van der Waals surface area contributed by atoms with Crippen LogP contribution in [-0.2, 0) is 12.4 Å². The second-order valence-corrected chi connectivity index (χ2v) is 11.2. The predicted molar refractivity (Wildman–Crippen MR) is 162 cm³/mol. The Labute approximate surface area is 272 Å². The molecule has 4 nitrogen and oxygen atoms in total. The summed E-state index contributed by atoms with van der Waals surface area (Å²) in [6.07, 6.45) is -7.14. The van der Waals surface area contributed by atoms with Crippen molar-refractivity contribution in [1.82, 2.24) is 0 Å². The topological polar surface area (TPSA) is 72.3 Å². The lowest BCUT2D eigenvalue weighted by Crippen LogP contribution is -2.11. The van der Waals surface area contributed by atoms with Crippen LogP contribution in [0.5, 0.6) is 0 Å². The van der Waals surface area contributed by atoms with Crippen molar-refractivity contribution >= 4 is 43.1 Å². The maximum Gasteiger partial charge on any atom is 0.422 e. The smallest absolute Gasteiger partial charge is 0.206 e. The van der Waals surface area contributed by atoms with E-state index in [0.717, 1.165) is 0 Å². The van der Waals surface area contributed by atoms with E-state index in [-0.39, 0.29) is 33.0 Å². The second-order valence-electron chi connectivity index (χ2n) is 11.2. The highest BCUT2D eigenvalue weighted by Gasteiger charge is 2.39. The standard InChI is InChI=1S/C36H12F10N4/c37-27-7-17(8-28(38)31(27)35(41,42)43)15-1-3-19-21-11-22-20-4-2-16(18-9-29(39)32(30(40)10-18)36(44,45)46)6-24(20)34(50-14-48)26(22)12-25(21)33(49-13-47)23(19)5-15/h1-12H/b49-33-,50-34+. The highest BCUT2D eigenvalue weighted by atomic mass is 19.4. The molecular weight excluding hydrogens is 678 g/mol. The Morgan fingerprint density at radius 1 is 0.400 bits per heavy atom. The molecule has 0 fully saturated rings. The summed E-state index contributed by atoms with van der Waals surface area (Å²) in [5.41, 5.74) is -4.21. The van der Waals surface area contributed by atoms with Gasteiger partial charge >= 0.3 is 12.4 Å². The summed E-state index contributed by atoms with van der Waals surface area (Å²) >= 11 is 0. The number of nitriles is 2. The summed E-state index contributed by atoms with van der Waals surface area (Å²) in [5.74, 6) is -7.23. The van der Waals surface area contributed by atoms with Gasteiger partial charge in [0.1, 0.15) is 34.4 Å². The van der Waals surface area contributed by atoms with Crippen LogP contribution >= 0.6 is 0 Å². The number of alkyl halides is 6. The molecule has 0 heterocycles. The van der Waals surface area contributed by atoms with Crippen molar-refractivity contribution in [3.8, 4) is 34.6 Å². The molecule has 0 N–H and O–H groups in total. The van der Waals surface area contributed by atoms with Gasteiger partial charge in [-0.15, -0.1) is 0 Å². The van der Waals surface area contributed by atoms with Gasteiger partial charge in [0.05, 0.1) is 10.7 Å². The fourth-order valence-corrected chi connectivity index (χ4v) is 6.40. The van der Waals surface area contributed by atoms with Gasteiger partial charge in [-0.3, -0.25) is 0 Å². The number of benzene rings is 5. The normalized spacial score (nSPS) is 13.2. The maximum absolute atomic E-state index is 14.4. The average Bonchev–Trinajstić information content (AvgIpc) is 3.49. The van der Waals surface area contributed by atoms with E-state index in [2.05, 4.69) is 9.98 Å². The van der Waals surface area contributed by atoms with Gasteiger partial charge < -0.3 is 0 Å². The molecule has 0 aliphatic heterocycles. The monoisotopic (exact) mass is 690 g/mol. The van der Waals surface area contributed by atoms with Crippen LogP contribution in [0.15, 0.2) is 82.8 Å². The van der Waals surface area contributed by atoms with E-state index in [1.807, 2.05) is 0 Å². The second kappa shape index (κ2) is 11.1. The first-order valence-corrected chi connectivity index (χ1v) is 14.2. The minimum absolute atomic E-state index is 0.110. The summed E-state index contributed by atoms with van der Waals surface area (Å²) in [6.45, 7) is 0. The molecule has 246 valence electrons. The van der Waals surface area contributed by atoms with E-state index in [1.54, 1.807) is 36.7 Å². The van der Waals surface area contributed by atoms with Crippen LogP contribution in [0.25, 0.3) is 65.3 Å². The molecule has 14 heteroatoms. The van der Waals surface area contributed by atoms with Crippen molar-refractivity contribution in [3.63, 3.8) is 0 Å². The summed E-state index contributed by atoms with van der Waals surface area (Å²) in [4.78, 5) is 7.86. The van der Waals surface area contributed by atoms with Crippen molar-refractivity contribution in [2.75, 3.05) is 0 Å². The largest absolute Gasteiger partial charge is 0.422 e. The van der Waals surface area contributed by atoms with Gasteiger partial charge in [0.2, 0.25) is 12.4 Å². The van der Waals surface area contributed by atoms with Gasteiger partial charge in [-0.1, -0.05) is 24.3 Å². The molecule has 0 aromatic heterocycles. The van der Waals surface area contributed by atoms with Crippen molar-refractivity contribution < 1.29 is 43.9 Å². The average molecular weight is 691 g/mol. The van der Waals surface area contributed by atoms with Gasteiger partial charge in [-0.2, -0.15) is 46.9 Å². The van der Waals surface area contributed by atoms with Crippen molar-refractivity contribution in [2.24, 2.45) is 9.98 Å². The van der Waals surface area contributed by atoms with Crippen LogP contribution < -0.4 is 10.7 Å². The summed E-state index contributed by atoms with van der Waals surface area (Å²) in [7, 11) is 0. The SMILES string of the molecule is N#C/N=c1/c2cc(-c3cc(F)c(C(F)(F)F)c(F)c3)ccc2c2cc3c(cc12)/c(=N/C#N)c1cc(-c2cc(F)c(C(F)(F)F)c(F)c2)ccc13. The van der Waals surface area contributed by atoms with E-state index < -0.39 is 46.7 Å². The molecule has 0 unspecified atom stereocenters. The molecule has 0 saturated carbocycles. The Morgan fingerprint density at radius 3 is 1.04 bits per heavy atom. The Bertz CT molecular complexity index is 2570. The molecule has 7 aromatic carbocycles. The predicted octanol–water partition coefficient (Wildman–Crippen LogP) is 9.87. The number of nitrogens with zero attached hydrogens (tertiary/aromatic N) is 4. The van der Waals surface area contributed by atoms with E-state index >= 15 is 0 Å². The maximum atomic E-state index is 14.4. The van der Waals surface area contributed by atoms with E-state index in [4.69, 9.17) is 0 Å². The molecule has 0 aliphatic rings. The first-order chi connectivity index (χ1) is 23.6. The molecule has 0 spiro atoms. The minimum atomic E-state index is -5.26. The van der Waals surface area contributed by atoms with Crippen LogP contribution in [-0.4, -0.2) is 0 Å². The Hall–Kier alpha value is -6.28. The highest BCUT2D eigenvalue weighted by Crippen LogP contribution is 2.40. The highest BCUT2D eigenvalue weighted by molar-refractivity contribution is 6.21. The molecule has 0 bridgehead atoms. The first-order valence-electron chi connectivity index (χ1n) is 14.2. The molecule has 7 rings (SSSR count). The fourth-order valence-electron chi connectivity index (χ4n) is 6.40. The molecular formula is C36H12F10N4. The third kappa shape index (κ3) is 4.99. The molecule has 0 atom stereocenters. The molecule has 7 aromatic rings. The molecule has 0 amide bonds. The number of halogens is 10. The Kier molecular flexibility index (Phi) is 7.19. The van der Waals surface area contributed by atoms with Gasteiger partial charge in [-0.05, 0) is 92.3 Å². The number of hydrogen-bond donors (Lipinski definition) is 0. The fraction of sp³-hybridized carbons (Fsp3) is 0.0556. The third-order valence-corrected chi connectivity index (χ3v) is 8.44. The summed E-state index contributed by atoms with van der Waals surface area (Å²) in [5, 5.41) is 22.8. The van der Waals surface area contributed by atoms with Crippen molar-refractivity contribution in [3.05, 3.63) is 118 Å². The number of fused-ring (bicyclic) bond motifs is 6. The third-order valence-electron chi connectivity index (χ3n) is 8.44. The van der Waals surface area contributed by atoms with Crippen molar-refractivity contribution in [1.29, 1.82) is 10.5 Å². The quantitative estimate of drug-likeness (QED) is 0.134. The molecule has 50 heavy (non-hydrogen) atoms. The van der Waals surface area contributed by atoms with E-state index in [1.165, 1.54) is 24.3 Å². The zero-order chi connectivity index (χ0) is 35.9. The first kappa shape index (κ1) is 32.3. The summed E-state index contributed by atoms with van der Waals surface area (Å²) < 4.78 is 137.